The maximum Gasteiger partial charge on any atom is 0.0639 e. The molecular weight excluding hydrogens is 264 g/mol. The Morgan fingerprint density at radius 2 is 1.79 bits per heavy atom. The zero-order chi connectivity index (χ0) is 14.1. The Kier molecular flexibility index (Phi) is 7.55. The van der Waals surface area contributed by atoms with Crippen LogP contribution >= 0.6 is 11.8 Å². The van der Waals surface area contributed by atoms with Gasteiger partial charge in [-0.15, -0.1) is 11.8 Å². The molecule has 0 nitrogen and oxygen atoms in total. The summed E-state index contributed by atoms with van der Waals surface area (Å²) in [4.78, 5) is 2.07. The number of unbranched alkanes of at least 4 members (excludes halogenated alkanes) is 3. The lowest BCUT2D eigenvalue weighted by Gasteiger charge is -2.25. The van der Waals surface area contributed by atoms with Gasteiger partial charge in [0.05, 0.1) is 8.07 Å². The van der Waals surface area contributed by atoms with Crippen molar-refractivity contribution in [2.75, 3.05) is 0 Å². The molecule has 1 aromatic rings. The van der Waals surface area contributed by atoms with E-state index in [0.29, 0.717) is 4.87 Å². The van der Waals surface area contributed by atoms with E-state index in [1.807, 2.05) is 11.8 Å². The Bertz CT molecular complexity index is 365. The molecule has 0 radical (unpaired) electrons. The van der Waals surface area contributed by atoms with Crippen molar-refractivity contribution in [3.63, 3.8) is 0 Å². The van der Waals surface area contributed by atoms with Crippen molar-refractivity contribution in [2.45, 2.75) is 62.0 Å². The minimum Gasteiger partial charge on any atom is -0.122 e. The lowest BCUT2D eigenvalue weighted by Crippen LogP contribution is -2.34. The molecule has 0 bridgehead atoms. The van der Waals surface area contributed by atoms with Crippen LogP contribution in [-0.2, 0) is 0 Å². The first kappa shape index (κ1) is 16.6. The minimum absolute atomic E-state index is 0.677. The Hall–Kier alpha value is -0.473. The molecule has 2 heteroatoms. The third-order valence-electron chi connectivity index (χ3n) is 3.15. The van der Waals surface area contributed by atoms with Gasteiger partial charge in [0, 0.05) is 9.77 Å². The topological polar surface area (TPSA) is 0 Å². The normalized spacial score (nSPS) is 13.9. The molecule has 0 aliphatic carbocycles. The molecule has 1 unspecified atom stereocenters. The number of benzene rings is 1. The van der Waals surface area contributed by atoms with Crippen LogP contribution in [0.3, 0.4) is 0 Å². The molecule has 0 aromatic heterocycles. The molecule has 0 saturated heterocycles. The van der Waals surface area contributed by atoms with Crippen LogP contribution in [0.25, 0.3) is 0 Å². The highest BCUT2D eigenvalue weighted by molar-refractivity contribution is 8.01. The van der Waals surface area contributed by atoms with Gasteiger partial charge in [-0.3, -0.25) is 0 Å². The van der Waals surface area contributed by atoms with Crippen LogP contribution in [0.1, 0.15) is 32.6 Å². The first-order chi connectivity index (χ1) is 9.04. The quantitative estimate of drug-likeness (QED) is 0.239. The first-order valence-electron chi connectivity index (χ1n) is 7.42. The van der Waals surface area contributed by atoms with Crippen molar-refractivity contribution in [2.24, 2.45) is 0 Å². The average molecular weight is 293 g/mol. The fraction of sp³-hybridized carbons (Fsp3) is 0.529. The van der Waals surface area contributed by atoms with Crippen molar-refractivity contribution >= 4 is 19.8 Å². The summed E-state index contributed by atoms with van der Waals surface area (Å²) in [5, 5.41) is 0. The molecular formula is C17H28SSi. The van der Waals surface area contributed by atoms with Gasteiger partial charge in [-0.1, -0.05) is 69.8 Å². The minimum atomic E-state index is -1.16. The summed E-state index contributed by atoms with van der Waals surface area (Å²) < 4.78 is 0. The summed E-state index contributed by atoms with van der Waals surface area (Å²) in [6.45, 7) is 9.65. The fourth-order valence-electron chi connectivity index (χ4n) is 1.88. The molecule has 1 aromatic carbocycles. The first-order valence-corrected chi connectivity index (χ1v) is 11.9. The summed E-state index contributed by atoms with van der Waals surface area (Å²) in [6.07, 6.45) is 10.1. The van der Waals surface area contributed by atoms with E-state index in [-0.39, 0.29) is 0 Å². The number of allylic oxidation sites excluding steroid dienone is 1. The third kappa shape index (κ3) is 7.02. The Morgan fingerprint density at radius 3 is 2.37 bits per heavy atom. The number of hydrogen-bond acceptors (Lipinski definition) is 1. The summed E-state index contributed by atoms with van der Waals surface area (Å²) in [7, 11) is -1.16. The van der Waals surface area contributed by atoms with Gasteiger partial charge >= 0.3 is 0 Å². The lowest BCUT2D eigenvalue weighted by atomic mass is 10.2. The average Bonchev–Trinajstić information content (AvgIpc) is 2.37. The Balaban J connectivity index is 2.58. The van der Waals surface area contributed by atoms with Crippen LogP contribution in [0.4, 0.5) is 0 Å². The molecule has 0 fully saturated rings. The SMILES string of the molecule is CCCCCC=CC(Sc1ccccc1)[Si](C)(C)C. The number of thioether (sulfide) groups is 1. The van der Waals surface area contributed by atoms with E-state index in [0.717, 1.165) is 0 Å². The molecule has 0 spiro atoms. The molecule has 0 amide bonds. The highest BCUT2D eigenvalue weighted by Crippen LogP contribution is 2.30. The van der Waals surface area contributed by atoms with E-state index in [2.05, 4.69) is 69.0 Å². The smallest absolute Gasteiger partial charge is 0.0639 e. The van der Waals surface area contributed by atoms with Crippen molar-refractivity contribution in [3.8, 4) is 0 Å². The van der Waals surface area contributed by atoms with Gasteiger partial charge in [-0.2, -0.15) is 0 Å². The molecule has 0 heterocycles. The second-order valence-corrected chi connectivity index (χ2v) is 13.1. The molecule has 1 rings (SSSR count). The molecule has 0 saturated carbocycles. The van der Waals surface area contributed by atoms with Crippen molar-refractivity contribution in [1.82, 2.24) is 0 Å². The lowest BCUT2D eigenvalue weighted by molar-refractivity contribution is 0.729. The molecule has 19 heavy (non-hydrogen) atoms. The Morgan fingerprint density at radius 1 is 1.11 bits per heavy atom. The molecule has 0 N–H and O–H groups in total. The van der Waals surface area contributed by atoms with Gasteiger partial charge in [0.2, 0.25) is 0 Å². The van der Waals surface area contributed by atoms with E-state index < -0.39 is 8.07 Å². The van der Waals surface area contributed by atoms with Crippen molar-refractivity contribution in [1.29, 1.82) is 0 Å². The van der Waals surface area contributed by atoms with Crippen molar-refractivity contribution < 1.29 is 0 Å². The van der Waals surface area contributed by atoms with Gasteiger partial charge in [0.15, 0.2) is 0 Å². The van der Waals surface area contributed by atoms with E-state index in [1.165, 1.54) is 30.6 Å². The maximum absolute atomic E-state index is 2.47. The predicted molar refractivity (Wildman–Crippen MR) is 92.7 cm³/mol. The van der Waals surface area contributed by atoms with Gasteiger partial charge < -0.3 is 0 Å². The van der Waals surface area contributed by atoms with E-state index in [9.17, 15) is 0 Å². The van der Waals surface area contributed by atoms with Crippen LogP contribution < -0.4 is 0 Å². The van der Waals surface area contributed by atoms with Crippen molar-refractivity contribution in [3.05, 3.63) is 42.5 Å². The van der Waals surface area contributed by atoms with E-state index in [4.69, 9.17) is 0 Å². The highest BCUT2D eigenvalue weighted by Gasteiger charge is 2.25. The van der Waals surface area contributed by atoms with E-state index >= 15 is 0 Å². The second-order valence-electron chi connectivity index (χ2n) is 6.14. The van der Waals surface area contributed by atoms with Crippen LogP contribution in [0, 0.1) is 0 Å². The van der Waals surface area contributed by atoms with Crippen LogP contribution in [0.15, 0.2) is 47.4 Å². The molecule has 0 aliphatic heterocycles. The number of rotatable bonds is 8. The van der Waals surface area contributed by atoms with E-state index in [1.54, 1.807) is 0 Å². The fourth-order valence-corrected chi connectivity index (χ4v) is 5.22. The summed E-state index contributed by atoms with van der Waals surface area (Å²) in [5.74, 6) is 0. The monoisotopic (exact) mass is 292 g/mol. The third-order valence-corrected chi connectivity index (χ3v) is 8.47. The van der Waals surface area contributed by atoms with Crippen LogP contribution in [0.2, 0.25) is 19.6 Å². The van der Waals surface area contributed by atoms with Gasteiger partial charge in [0.25, 0.3) is 0 Å². The van der Waals surface area contributed by atoms with Gasteiger partial charge in [-0.05, 0) is 25.0 Å². The molecule has 106 valence electrons. The largest absolute Gasteiger partial charge is 0.122 e. The van der Waals surface area contributed by atoms with Gasteiger partial charge in [0.1, 0.15) is 0 Å². The van der Waals surface area contributed by atoms with Crippen LogP contribution in [0.5, 0.6) is 0 Å². The Labute approximate surface area is 124 Å². The highest BCUT2D eigenvalue weighted by atomic mass is 32.2. The van der Waals surface area contributed by atoms with Gasteiger partial charge in [-0.25, -0.2) is 0 Å². The molecule has 1 atom stereocenters. The number of hydrogen-bond donors (Lipinski definition) is 0. The summed E-state index contributed by atoms with van der Waals surface area (Å²) in [5.41, 5.74) is 0. The summed E-state index contributed by atoms with van der Waals surface area (Å²) in [6, 6.07) is 10.8. The zero-order valence-corrected chi connectivity index (χ0v) is 14.7. The second kappa shape index (κ2) is 8.65. The predicted octanol–water partition coefficient (Wildman–Crippen LogP) is 6.16. The maximum atomic E-state index is 2.47. The summed E-state index contributed by atoms with van der Waals surface area (Å²) >= 11 is 2.03. The zero-order valence-electron chi connectivity index (χ0n) is 12.9. The molecule has 0 aliphatic rings. The van der Waals surface area contributed by atoms with Crippen LogP contribution in [-0.4, -0.2) is 12.9 Å². The standard InChI is InChI=1S/C17H28SSi/c1-5-6-7-8-12-15-17(19(2,3)4)18-16-13-10-9-11-14-16/h9-15,17H,5-8H2,1-4H3.